The minimum Gasteiger partial charge on any atom is -0.209 e. The van der Waals surface area contributed by atoms with Gasteiger partial charge in [-0.2, -0.15) is 5.26 Å². The molecule has 1 aliphatic rings. The first-order valence-electron chi connectivity index (χ1n) is 5.19. The molecule has 0 atom stereocenters. The molecule has 9 heteroatoms. The van der Waals surface area contributed by atoms with E-state index in [0.29, 0.717) is 5.56 Å². The van der Waals surface area contributed by atoms with Crippen molar-refractivity contribution in [1.82, 2.24) is 5.09 Å². The summed E-state index contributed by atoms with van der Waals surface area (Å²) in [5, 5.41) is 11.8. The second-order valence-electron chi connectivity index (χ2n) is 3.79. The van der Waals surface area contributed by atoms with Gasteiger partial charge >= 0.3 is 6.27 Å². The third-order valence-electron chi connectivity index (χ3n) is 2.48. The Kier molecular flexibility index (Phi) is 4.76. The molecule has 0 unspecified atom stereocenters. The minimum atomic E-state index is -2.94. The molecule has 0 saturated heterocycles. The Morgan fingerprint density at radius 2 is 1.80 bits per heavy atom. The topological polar surface area (TPSA) is 48.2 Å². The van der Waals surface area contributed by atoms with Crippen molar-refractivity contribution in [3.05, 3.63) is 47.2 Å². The molecular weight excluding hydrogens is 382 g/mol. The van der Waals surface area contributed by atoms with Crippen molar-refractivity contribution < 1.29 is 0 Å². The van der Waals surface area contributed by atoms with Crippen LogP contribution in [0, 0.1) is 11.3 Å². The van der Waals surface area contributed by atoms with Gasteiger partial charge in [-0.1, -0.05) is 69.9 Å². The zero-order valence-corrected chi connectivity index (χ0v) is 14.3. The van der Waals surface area contributed by atoms with E-state index in [9.17, 15) is 5.26 Å². The Morgan fingerprint density at radius 3 is 2.35 bits per heavy atom. The summed E-state index contributed by atoms with van der Waals surface area (Å²) < 4.78 is 2.30. The normalized spacial score (nSPS) is 18.1. The summed E-state index contributed by atoms with van der Waals surface area (Å²) >= 11 is 30.7. The van der Waals surface area contributed by atoms with E-state index in [1.54, 1.807) is 24.3 Å². The molecule has 0 aromatic heterocycles. The summed E-state index contributed by atoms with van der Waals surface area (Å²) in [7, 11) is 0. The van der Waals surface area contributed by atoms with E-state index in [-0.39, 0.29) is 16.4 Å². The SMILES string of the molecule is N#CC1=C(C(Cl)(Cl)c2ccccc2)N[P+](Cl)(Cl)N=C1Cl. The second kappa shape index (κ2) is 5.89. The maximum Gasteiger partial charge on any atom is 0.420 e. The first-order valence-corrected chi connectivity index (χ1v) is 9.87. The molecule has 20 heavy (non-hydrogen) atoms. The Labute approximate surface area is 141 Å². The molecule has 1 aromatic rings. The van der Waals surface area contributed by atoms with E-state index in [1.807, 2.05) is 12.1 Å². The molecule has 1 aliphatic heterocycles. The fourth-order valence-corrected chi connectivity index (χ4v) is 4.86. The van der Waals surface area contributed by atoms with Gasteiger partial charge < -0.3 is 0 Å². The van der Waals surface area contributed by atoms with Gasteiger partial charge in [0.25, 0.3) is 0 Å². The summed E-state index contributed by atoms with van der Waals surface area (Å²) in [6, 6.07) is 10.7. The number of allylic oxidation sites excluding steroid dienone is 2. The lowest BCUT2D eigenvalue weighted by molar-refractivity contribution is 0.921. The standard InChI is InChI=1S/C11H6Cl5N3P/c12-10-8(6-17)9(18-20(15,16)19-10)11(13,14)7-4-2-1-3-5-7/h1-5,18H/q+1. The van der Waals surface area contributed by atoms with Crippen molar-refractivity contribution in [3.63, 3.8) is 0 Å². The summed E-state index contributed by atoms with van der Waals surface area (Å²) in [6.07, 6.45) is -2.94. The van der Waals surface area contributed by atoms with Gasteiger partial charge in [-0.05, 0) is 5.56 Å². The Morgan fingerprint density at radius 1 is 1.20 bits per heavy atom. The number of rotatable bonds is 2. The van der Waals surface area contributed by atoms with Crippen LogP contribution in [0.5, 0.6) is 0 Å². The average molecular weight is 388 g/mol. The van der Waals surface area contributed by atoms with Gasteiger partial charge in [0, 0.05) is 0 Å². The zero-order chi connectivity index (χ0) is 15.0. The number of nitrogens with one attached hydrogen (secondary N) is 1. The first kappa shape index (κ1) is 16.2. The van der Waals surface area contributed by atoms with Crippen molar-refractivity contribution in [2.45, 2.75) is 4.33 Å². The smallest absolute Gasteiger partial charge is 0.209 e. The molecular formula is C11H6Cl5N3P+. The van der Waals surface area contributed by atoms with Crippen molar-refractivity contribution in [1.29, 1.82) is 5.26 Å². The van der Waals surface area contributed by atoms with Crippen LogP contribution < -0.4 is 5.09 Å². The third-order valence-corrected chi connectivity index (χ3v) is 5.59. The fraction of sp³-hybridized carbons (Fsp3) is 0.0909. The number of hydrogen-bond acceptors (Lipinski definition) is 3. The monoisotopic (exact) mass is 386 g/mol. The van der Waals surface area contributed by atoms with E-state index in [0.717, 1.165) is 0 Å². The number of alkyl halides is 2. The molecule has 0 aliphatic carbocycles. The Hall–Kier alpha value is -0.200. The molecule has 1 aromatic carbocycles. The summed E-state index contributed by atoms with van der Waals surface area (Å²) in [4.78, 5) is 0. The predicted octanol–water partition coefficient (Wildman–Crippen LogP) is 5.49. The van der Waals surface area contributed by atoms with Gasteiger partial charge in [0.15, 0.2) is 32.0 Å². The lowest BCUT2D eigenvalue weighted by atomic mass is 10.1. The molecule has 2 rings (SSSR count). The highest BCUT2D eigenvalue weighted by Crippen LogP contribution is 2.70. The third kappa shape index (κ3) is 3.17. The number of hydrogen-bond donors (Lipinski definition) is 1. The Balaban J connectivity index is 2.60. The van der Waals surface area contributed by atoms with Crippen LogP contribution in [0.1, 0.15) is 5.56 Å². The maximum absolute atomic E-state index is 9.21. The number of nitriles is 1. The molecule has 0 radical (unpaired) electrons. The molecule has 0 fully saturated rings. The highest BCUT2D eigenvalue weighted by atomic mass is 35.9. The van der Waals surface area contributed by atoms with Gasteiger partial charge in [0.05, 0.1) is 0 Å². The number of halogens is 5. The van der Waals surface area contributed by atoms with E-state index in [2.05, 4.69) is 9.85 Å². The predicted molar refractivity (Wildman–Crippen MR) is 87.5 cm³/mol. The van der Waals surface area contributed by atoms with E-state index in [4.69, 9.17) is 57.3 Å². The molecule has 0 bridgehead atoms. The molecule has 104 valence electrons. The summed E-state index contributed by atoms with van der Waals surface area (Å²) in [6.45, 7) is 0. The van der Waals surface area contributed by atoms with E-state index in [1.165, 1.54) is 0 Å². The van der Waals surface area contributed by atoms with Crippen LogP contribution in [0.3, 0.4) is 0 Å². The number of benzene rings is 1. The fourth-order valence-electron chi connectivity index (χ4n) is 1.60. The van der Waals surface area contributed by atoms with Gasteiger partial charge in [-0.3, -0.25) is 0 Å². The van der Waals surface area contributed by atoms with Crippen LogP contribution in [0.2, 0.25) is 0 Å². The molecule has 1 heterocycles. The van der Waals surface area contributed by atoms with Crippen LogP contribution in [-0.4, -0.2) is 5.17 Å². The summed E-state index contributed by atoms with van der Waals surface area (Å²) in [5.41, 5.74) is 0.698. The van der Waals surface area contributed by atoms with Crippen LogP contribution in [0.15, 0.2) is 46.4 Å². The van der Waals surface area contributed by atoms with Crippen molar-refractivity contribution in [3.8, 4) is 6.07 Å². The van der Waals surface area contributed by atoms with Crippen molar-refractivity contribution >= 4 is 68.7 Å². The maximum atomic E-state index is 9.21. The average Bonchev–Trinajstić information content (AvgIpc) is 2.38. The molecule has 1 N–H and O–H groups in total. The van der Waals surface area contributed by atoms with Crippen molar-refractivity contribution in [2.24, 2.45) is 4.76 Å². The van der Waals surface area contributed by atoms with Gasteiger partial charge in [0.2, 0.25) is 0 Å². The highest BCUT2D eigenvalue weighted by molar-refractivity contribution is 8.15. The van der Waals surface area contributed by atoms with Crippen LogP contribution in [0.4, 0.5) is 0 Å². The van der Waals surface area contributed by atoms with Crippen molar-refractivity contribution in [2.75, 3.05) is 0 Å². The lowest BCUT2D eigenvalue weighted by Crippen LogP contribution is -2.29. The van der Waals surface area contributed by atoms with Crippen LogP contribution in [0.25, 0.3) is 0 Å². The second-order valence-corrected chi connectivity index (χ2v) is 10.3. The van der Waals surface area contributed by atoms with E-state index < -0.39 is 10.6 Å². The van der Waals surface area contributed by atoms with Gasteiger partial charge in [-0.25, -0.2) is 5.09 Å². The highest BCUT2D eigenvalue weighted by Gasteiger charge is 2.49. The van der Waals surface area contributed by atoms with Crippen LogP contribution in [-0.2, 0) is 4.33 Å². The molecule has 0 spiro atoms. The molecule has 0 amide bonds. The van der Waals surface area contributed by atoms with Gasteiger partial charge in [-0.15, -0.1) is 0 Å². The largest absolute Gasteiger partial charge is 0.420 e. The molecule has 3 nitrogen and oxygen atoms in total. The Bertz CT molecular complexity index is 633. The first-order chi connectivity index (χ1) is 9.28. The van der Waals surface area contributed by atoms with Crippen LogP contribution >= 0.6 is 63.6 Å². The quantitative estimate of drug-likeness (QED) is 0.538. The van der Waals surface area contributed by atoms with E-state index >= 15 is 0 Å². The lowest BCUT2D eigenvalue weighted by Gasteiger charge is -2.27. The zero-order valence-electron chi connectivity index (χ0n) is 9.62. The number of nitrogens with zero attached hydrogens (tertiary/aromatic N) is 2. The summed E-state index contributed by atoms with van der Waals surface area (Å²) in [5.74, 6) is 0. The minimum absolute atomic E-state index is 0.0115. The molecule has 0 saturated carbocycles. The van der Waals surface area contributed by atoms with Gasteiger partial charge in [0.1, 0.15) is 17.3 Å².